The third-order valence-corrected chi connectivity index (χ3v) is 31.0. The van der Waals surface area contributed by atoms with Crippen LogP contribution in [0.3, 0.4) is 0 Å². The smallest absolute Gasteiger partial charge is 0.411 e. The number of azide groups is 1. The molecular weight excluding hydrogens is 1710 g/mol. The first kappa shape index (κ1) is 101. The van der Waals surface area contributed by atoms with Gasteiger partial charge in [-0.3, -0.25) is 49.0 Å². The molecule has 0 saturated carbocycles. The number of hydrogen-bond acceptors (Lipinski definition) is 33. The van der Waals surface area contributed by atoms with Gasteiger partial charge in [0.05, 0.1) is 95.1 Å². The van der Waals surface area contributed by atoms with Crippen molar-refractivity contribution in [2.75, 3.05) is 78.6 Å². The average molecular weight is 1830 g/mol. The summed E-state index contributed by atoms with van der Waals surface area (Å²) in [6, 6.07) is 14.8. The standard InChI is InChI=1S/C87H115N7O32Si2/c1-47-34-57(45-115-127(19,20)86(9,10)11)93(41-47)78(101)60-37-66(107-15)68(39-62(60)89-84(105)113-43-55-26-29-59(30-27-55)123-82-76(121-53(7)99)72(119-51(5)97)70(117-49(3)95)74(125-82)80(103)109-17)111-32-24-23-25-33-112-69-40-63(61(38-67(69)108-16)79(102)94-42-48(2)35-58(94)46-116-128(21,22)87(12,13)14)90-85(106)114-44-56-28-31-65(64(36-56)91-92-88)124-83-77(122-54(8)100)73(120-52(6)98)71(118-50(4)96)75(126-83)81(104)110-18/h26-31,36-40,57-58,70-77,82-83H,1-2,23-25,32-35,41-46H2,3-22H3,(H,89,105)(H,90,106)/t57-,58-,70-,71-,72-,73-,74-,75-,76+,77+,82+,83+/m0/s1. The van der Waals surface area contributed by atoms with Crippen LogP contribution in [0.25, 0.3) is 10.4 Å². The number of unbranched alkanes of at least 4 members (excludes halogenated alkanes) is 2. The number of nitrogens with one attached hydrogen (secondary N) is 2. The van der Waals surface area contributed by atoms with E-state index in [1.54, 1.807) is 9.80 Å². The predicted molar refractivity (Wildman–Crippen MR) is 460 cm³/mol. The van der Waals surface area contributed by atoms with E-state index in [-0.39, 0.29) is 124 Å². The molecule has 41 heteroatoms. The van der Waals surface area contributed by atoms with Gasteiger partial charge in [-0.1, -0.05) is 89.2 Å². The summed E-state index contributed by atoms with van der Waals surface area (Å²) in [6.07, 6.45) is -16.8. The van der Waals surface area contributed by atoms with Crippen molar-refractivity contribution in [2.24, 2.45) is 5.11 Å². The van der Waals surface area contributed by atoms with Gasteiger partial charge in [0, 0.05) is 71.7 Å². The van der Waals surface area contributed by atoms with Crippen molar-refractivity contribution in [3.8, 4) is 34.5 Å². The number of benzene rings is 4. The summed E-state index contributed by atoms with van der Waals surface area (Å²) in [5.74, 6) is -8.16. The number of carbonyl (C=O) groups is 12. The molecule has 12 atom stereocenters. The minimum Gasteiger partial charge on any atom is -0.493 e. The molecule has 0 radical (unpaired) electrons. The Kier molecular flexibility index (Phi) is 35.3. The average Bonchev–Trinajstić information content (AvgIpc) is 0.994. The first-order valence-corrected chi connectivity index (χ1v) is 46.9. The third-order valence-electron chi connectivity index (χ3n) is 22.0. The van der Waals surface area contributed by atoms with E-state index in [1.807, 2.05) is 0 Å². The van der Waals surface area contributed by atoms with Crippen molar-refractivity contribution in [1.82, 2.24) is 9.80 Å². The Morgan fingerprint density at radius 2 is 0.859 bits per heavy atom. The minimum absolute atomic E-state index is 0.00247. The van der Waals surface area contributed by atoms with Gasteiger partial charge in [0.15, 0.2) is 76.3 Å². The highest BCUT2D eigenvalue weighted by Gasteiger charge is 2.58. The van der Waals surface area contributed by atoms with Gasteiger partial charge < -0.3 is 104 Å². The normalized spacial score (nSPS) is 21.0. The van der Waals surface area contributed by atoms with Crippen molar-refractivity contribution in [1.29, 1.82) is 0 Å². The molecule has 4 aromatic carbocycles. The van der Waals surface area contributed by atoms with Gasteiger partial charge in [-0.15, -0.1) is 0 Å². The topological polar surface area (TPSA) is 469 Å². The van der Waals surface area contributed by atoms with Gasteiger partial charge in [0.2, 0.25) is 24.8 Å². The fourth-order valence-corrected chi connectivity index (χ4v) is 15.7. The zero-order valence-electron chi connectivity index (χ0n) is 75.7. The number of nitrogens with zero attached hydrogens (tertiary/aromatic N) is 5. The summed E-state index contributed by atoms with van der Waals surface area (Å²) in [5.41, 5.74) is 11.7. The molecule has 4 aliphatic rings. The molecule has 2 N–H and O–H groups in total. The molecule has 0 spiro atoms. The van der Waals surface area contributed by atoms with E-state index in [9.17, 15) is 53.5 Å². The van der Waals surface area contributed by atoms with Crippen LogP contribution in [0.15, 0.2) is 96.1 Å². The number of anilines is 2. The number of methoxy groups -OCH3 is 4. The Morgan fingerprint density at radius 3 is 1.23 bits per heavy atom. The molecule has 4 amide bonds. The maximum Gasteiger partial charge on any atom is 0.411 e. The van der Waals surface area contributed by atoms with Gasteiger partial charge in [-0.25, -0.2) is 19.2 Å². The molecule has 128 heavy (non-hydrogen) atoms. The van der Waals surface area contributed by atoms with Crippen LogP contribution in [0.4, 0.5) is 26.7 Å². The number of esters is 8. The van der Waals surface area contributed by atoms with E-state index in [1.165, 1.54) is 80.9 Å². The summed E-state index contributed by atoms with van der Waals surface area (Å²) >= 11 is 0. The van der Waals surface area contributed by atoms with Crippen LogP contribution >= 0.6 is 0 Å². The molecule has 4 fully saturated rings. The number of rotatable bonds is 37. The van der Waals surface area contributed by atoms with E-state index in [0.717, 1.165) is 66.9 Å². The van der Waals surface area contributed by atoms with Gasteiger partial charge in [0.25, 0.3) is 11.8 Å². The first-order valence-electron chi connectivity index (χ1n) is 41.1. The molecule has 4 aromatic rings. The van der Waals surface area contributed by atoms with Crippen molar-refractivity contribution in [3.05, 3.63) is 124 Å². The number of hydrogen-bond donors (Lipinski definition) is 2. The molecule has 4 saturated heterocycles. The van der Waals surface area contributed by atoms with Crippen LogP contribution in [0.5, 0.6) is 34.5 Å². The van der Waals surface area contributed by atoms with Crippen LogP contribution < -0.4 is 39.1 Å². The Bertz CT molecular complexity index is 4810. The number of ether oxygens (including phenoxy) is 18. The summed E-state index contributed by atoms with van der Waals surface area (Å²) in [5, 5.41) is 8.90. The second kappa shape index (κ2) is 44.6. The SMILES string of the molecule is C=C1C[C@@H](CO[Si](C)(C)C(C)(C)C)N(C(=O)c2cc(OC)c(OCCCCCOc3cc(NC(=O)OCc4ccc(O[C@@H]5O[C@H](C(=O)OC)[C@@H](OC(C)=O)[C@H](OC(C)=O)[C@H]5OC(C)=O)c(N=[N+]=[N-])c4)c(C(=O)N4CC(=C)C[C@H]4CO[Si](C)(C)C(C)(C)C)cc3OC)cc2NC(=O)OCc2ccc(O[C@@H]3O[C@H](C(=O)OC)[C@@H](OC(C)=O)[C@H](OC(C)=O)[C@H]3OC(C)=O)cc2)C1. The quantitative estimate of drug-likeness (QED) is 0.00619. The summed E-state index contributed by atoms with van der Waals surface area (Å²) in [7, 11) is 0.211. The predicted octanol–water partition coefficient (Wildman–Crippen LogP) is 12.5. The van der Waals surface area contributed by atoms with Gasteiger partial charge in [-0.2, -0.15) is 0 Å². The molecular formula is C87H115N7O32Si2. The molecule has 4 aliphatic heterocycles. The zero-order chi connectivity index (χ0) is 94.6. The van der Waals surface area contributed by atoms with E-state index >= 15 is 9.59 Å². The number of amides is 4. The van der Waals surface area contributed by atoms with Gasteiger partial charge >= 0.3 is 59.9 Å². The highest BCUT2D eigenvalue weighted by Crippen LogP contribution is 2.44. The van der Waals surface area contributed by atoms with Crippen molar-refractivity contribution in [3.63, 3.8) is 0 Å². The second-order valence-corrected chi connectivity index (χ2v) is 43.3. The number of likely N-dealkylation sites (tertiary alicyclic amines) is 2. The lowest BCUT2D eigenvalue weighted by Gasteiger charge is -2.43. The molecule has 0 aliphatic carbocycles. The highest BCUT2D eigenvalue weighted by atomic mass is 28.4. The molecule has 698 valence electrons. The van der Waals surface area contributed by atoms with Crippen molar-refractivity contribution in [2.45, 2.75) is 238 Å². The third kappa shape index (κ3) is 27.0. The van der Waals surface area contributed by atoms with Gasteiger partial charge in [-0.05, 0) is 121 Å². The highest BCUT2D eigenvalue weighted by molar-refractivity contribution is 6.74. The monoisotopic (exact) mass is 1830 g/mol. The maximum absolute atomic E-state index is 15.1. The molecule has 0 bridgehead atoms. The second-order valence-electron chi connectivity index (χ2n) is 33.7. The Morgan fingerprint density at radius 1 is 0.484 bits per heavy atom. The van der Waals surface area contributed by atoms with E-state index in [4.69, 9.17) is 94.1 Å². The Labute approximate surface area is 743 Å². The fraction of sp³-hybridized carbons (Fsp3) is 0.540. The van der Waals surface area contributed by atoms with Crippen LogP contribution in [0.2, 0.25) is 36.3 Å². The van der Waals surface area contributed by atoms with E-state index < -0.39 is 168 Å². The van der Waals surface area contributed by atoms with Crippen LogP contribution in [-0.4, -0.2) is 240 Å². The van der Waals surface area contributed by atoms with Crippen molar-refractivity contribution < 1.29 is 152 Å². The van der Waals surface area contributed by atoms with Crippen LogP contribution in [-0.2, 0) is 117 Å². The molecule has 0 aromatic heterocycles. The Hall–Kier alpha value is -12.0. The lowest BCUT2D eigenvalue weighted by Crippen LogP contribution is -2.64. The van der Waals surface area contributed by atoms with Crippen LogP contribution in [0.1, 0.15) is 147 Å². The maximum atomic E-state index is 15.1. The van der Waals surface area contributed by atoms with E-state index in [0.29, 0.717) is 37.7 Å². The first-order chi connectivity index (χ1) is 60.2. The fourth-order valence-electron chi connectivity index (χ4n) is 13.6. The summed E-state index contributed by atoms with van der Waals surface area (Å²) in [4.78, 5) is 165. The lowest BCUT2D eigenvalue weighted by atomic mass is 9.97. The van der Waals surface area contributed by atoms with E-state index in [2.05, 4.69) is 102 Å². The van der Waals surface area contributed by atoms with Gasteiger partial charge in [0.1, 0.15) is 24.7 Å². The van der Waals surface area contributed by atoms with Crippen molar-refractivity contribution >= 4 is 105 Å². The molecule has 4 heterocycles. The molecule has 8 rings (SSSR count). The summed E-state index contributed by atoms with van der Waals surface area (Å²) < 4.78 is 116. The Balaban J connectivity index is 1.00. The molecule has 0 unspecified atom stereocenters. The summed E-state index contributed by atoms with van der Waals surface area (Å²) in [6.45, 7) is 35.9. The largest absolute Gasteiger partial charge is 0.493 e. The zero-order valence-corrected chi connectivity index (χ0v) is 77.7. The molecule has 39 nitrogen and oxygen atoms in total. The lowest BCUT2D eigenvalue weighted by molar-refractivity contribution is -0.282. The number of carbonyl (C=O) groups excluding carboxylic acids is 12. The minimum atomic E-state index is -2.33. The van der Waals surface area contributed by atoms with Crippen LogP contribution in [0, 0.1) is 0 Å².